The third-order valence-corrected chi connectivity index (χ3v) is 2.78. The fraction of sp³-hybridized carbons (Fsp3) is 0.667. The van der Waals surface area contributed by atoms with Crippen LogP contribution >= 0.6 is 0 Å². The van der Waals surface area contributed by atoms with Crippen LogP contribution in [0.5, 0.6) is 0 Å². The van der Waals surface area contributed by atoms with E-state index in [1.165, 1.54) is 30.4 Å². The molecule has 0 saturated heterocycles. The normalized spacial score (nSPS) is 10.7. The van der Waals surface area contributed by atoms with Crippen molar-refractivity contribution in [1.29, 1.82) is 0 Å². The van der Waals surface area contributed by atoms with Gasteiger partial charge in [-0.3, -0.25) is 0 Å². The summed E-state index contributed by atoms with van der Waals surface area (Å²) in [6.45, 7) is 13.8. The molecule has 1 aromatic carbocycles. The second-order valence-corrected chi connectivity index (χ2v) is 4.62. The molecule has 0 saturated carbocycles. The van der Waals surface area contributed by atoms with E-state index in [0.717, 1.165) is 6.54 Å². The molecule has 1 heteroatoms. The molecule has 0 bridgehead atoms. The smallest absolute Gasteiger partial charge is 0.00461 e. The number of aryl methyl sites for hydroxylation is 1. The summed E-state index contributed by atoms with van der Waals surface area (Å²) in [6.07, 6.45) is 3.71. The fourth-order valence-corrected chi connectivity index (χ4v) is 1.76. The first-order valence-electron chi connectivity index (χ1n) is 7.90. The highest BCUT2D eigenvalue weighted by Crippen LogP contribution is 2.22. The van der Waals surface area contributed by atoms with Crippen molar-refractivity contribution in [3.8, 4) is 0 Å². The summed E-state index contributed by atoms with van der Waals surface area (Å²) in [4.78, 5) is 0. The van der Waals surface area contributed by atoms with Gasteiger partial charge in [-0.15, -0.1) is 0 Å². The van der Waals surface area contributed by atoms with Crippen molar-refractivity contribution in [2.75, 3.05) is 13.6 Å². The Morgan fingerprint density at radius 1 is 1.00 bits per heavy atom. The van der Waals surface area contributed by atoms with Crippen LogP contribution in [0.4, 0.5) is 0 Å². The average molecular weight is 265 g/mol. The first kappa shape index (κ1) is 20.5. The van der Waals surface area contributed by atoms with E-state index in [9.17, 15) is 0 Å². The van der Waals surface area contributed by atoms with Gasteiger partial charge in [0.25, 0.3) is 0 Å². The van der Waals surface area contributed by atoms with Crippen molar-refractivity contribution >= 4 is 0 Å². The predicted molar refractivity (Wildman–Crippen MR) is 90.1 cm³/mol. The summed E-state index contributed by atoms with van der Waals surface area (Å²) in [6, 6.07) is 8.94. The molecule has 0 amide bonds. The first-order chi connectivity index (χ1) is 9.19. The Hall–Kier alpha value is -0.820. The molecule has 19 heavy (non-hydrogen) atoms. The van der Waals surface area contributed by atoms with Crippen molar-refractivity contribution in [2.45, 2.75) is 66.7 Å². The Labute approximate surface area is 121 Å². The van der Waals surface area contributed by atoms with Crippen molar-refractivity contribution in [1.82, 2.24) is 5.32 Å². The number of hydrogen-bond acceptors (Lipinski definition) is 1. The van der Waals surface area contributed by atoms with Gasteiger partial charge < -0.3 is 5.32 Å². The fourth-order valence-electron chi connectivity index (χ4n) is 1.76. The molecule has 1 N–H and O–H groups in total. The van der Waals surface area contributed by atoms with Crippen molar-refractivity contribution in [3.63, 3.8) is 0 Å². The van der Waals surface area contributed by atoms with Gasteiger partial charge in [0.05, 0.1) is 0 Å². The van der Waals surface area contributed by atoms with Crippen LogP contribution < -0.4 is 5.32 Å². The van der Waals surface area contributed by atoms with Gasteiger partial charge in [-0.05, 0) is 44.8 Å². The molecule has 112 valence electrons. The lowest BCUT2D eigenvalue weighted by atomic mass is 9.93. The van der Waals surface area contributed by atoms with E-state index < -0.39 is 0 Å². The SMILES string of the molecule is CC.CCC.CCC(CCNC)c1ccc(C)cc1. The van der Waals surface area contributed by atoms with E-state index in [0.29, 0.717) is 5.92 Å². The molecular weight excluding hydrogens is 230 g/mol. The Bertz CT molecular complexity index is 264. The Morgan fingerprint density at radius 2 is 1.47 bits per heavy atom. The van der Waals surface area contributed by atoms with Gasteiger partial charge in [-0.25, -0.2) is 0 Å². The maximum absolute atomic E-state index is 3.21. The molecule has 0 heterocycles. The third kappa shape index (κ3) is 10.8. The molecule has 1 rings (SSSR count). The molecule has 1 aromatic rings. The zero-order valence-electron chi connectivity index (χ0n) is 14.2. The van der Waals surface area contributed by atoms with E-state index in [1.54, 1.807) is 0 Å². The number of rotatable bonds is 5. The minimum Gasteiger partial charge on any atom is -0.320 e. The number of benzene rings is 1. The van der Waals surface area contributed by atoms with E-state index in [2.05, 4.69) is 57.3 Å². The monoisotopic (exact) mass is 265 g/mol. The summed E-state index contributed by atoms with van der Waals surface area (Å²) >= 11 is 0. The number of nitrogens with one attached hydrogen (secondary N) is 1. The van der Waals surface area contributed by atoms with Crippen LogP contribution in [0.25, 0.3) is 0 Å². The topological polar surface area (TPSA) is 12.0 Å². The van der Waals surface area contributed by atoms with E-state index in [-0.39, 0.29) is 0 Å². The van der Waals surface area contributed by atoms with Gasteiger partial charge in [-0.1, -0.05) is 70.9 Å². The van der Waals surface area contributed by atoms with Crippen molar-refractivity contribution < 1.29 is 0 Å². The summed E-state index contributed by atoms with van der Waals surface area (Å²) in [5, 5.41) is 3.21. The lowest BCUT2D eigenvalue weighted by molar-refractivity contribution is 0.581. The summed E-state index contributed by atoms with van der Waals surface area (Å²) in [7, 11) is 2.02. The van der Waals surface area contributed by atoms with Crippen LogP contribution in [0.2, 0.25) is 0 Å². The predicted octanol–water partition coefficient (Wildman–Crippen LogP) is 5.54. The quantitative estimate of drug-likeness (QED) is 0.737. The van der Waals surface area contributed by atoms with Gasteiger partial charge in [0, 0.05) is 0 Å². The highest BCUT2D eigenvalue weighted by atomic mass is 14.8. The maximum atomic E-state index is 3.21. The summed E-state index contributed by atoms with van der Waals surface area (Å²) < 4.78 is 0. The van der Waals surface area contributed by atoms with E-state index in [1.807, 2.05) is 20.9 Å². The van der Waals surface area contributed by atoms with Gasteiger partial charge in [0.2, 0.25) is 0 Å². The van der Waals surface area contributed by atoms with Crippen molar-refractivity contribution in [2.24, 2.45) is 0 Å². The molecule has 1 atom stereocenters. The summed E-state index contributed by atoms with van der Waals surface area (Å²) in [5.41, 5.74) is 2.82. The van der Waals surface area contributed by atoms with Gasteiger partial charge in [0.1, 0.15) is 0 Å². The third-order valence-electron chi connectivity index (χ3n) is 2.78. The van der Waals surface area contributed by atoms with Crippen LogP contribution in [0.3, 0.4) is 0 Å². The zero-order chi connectivity index (χ0) is 15.1. The zero-order valence-corrected chi connectivity index (χ0v) is 14.2. The Kier molecular flexibility index (Phi) is 16.4. The molecule has 0 aliphatic carbocycles. The highest BCUT2D eigenvalue weighted by Gasteiger charge is 2.07. The Balaban J connectivity index is 0. The molecule has 0 fully saturated rings. The molecule has 1 nitrogen and oxygen atoms in total. The minimum absolute atomic E-state index is 0.711. The highest BCUT2D eigenvalue weighted by molar-refractivity contribution is 5.24. The van der Waals surface area contributed by atoms with Crippen LogP contribution in [-0.2, 0) is 0 Å². The molecule has 0 aliphatic rings. The standard InChI is InChI=1S/C13H21N.C3H8.C2H6/c1-4-12(9-10-14-3)13-7-5-11(2)6-8-13;1-3-2;1-2/h5-8,12,14H,4,9-10H2,1-3H3;3H2,1-2H3;1-2H3. The van der Waals surface area contributed by atoms with Crippen molar-refractivity contribution in [3.05, 3.63) is 35.4 Å². The molecule has 0 spiro atoms. The van der Waals surface area contributed by atoms with Crippen LogP contribution in [0.15, 0.2) is 24.3 Å². The minimum atomic E-state index is 0.711. The molecule has 0 radical (unpaired) electrons. The summed E-state index contributed by atoms with van der Waals surface area (Å²) in [5.74, 6) is 0.711. The molecule has 0 aromatic heterocycles. The average Bonchev–Trinajstić information content (AvgIpc) is 2.44. The second kappa shape index (κ2) is 15.2. The first-order valence-corrected chi connectivity index (χ1v) is 7.90. The van der Waals surface area contributed by atoms with Crippen LogP contribution in [0.1, 0.15) is 70.9 Å². The lowest BCUT2D eigenvalue weighted by Crippen LogP contribution is -2.11. The van der Waals surface area contributed by atoms with Gasteiger partial charge in [-0.2, -0.15) is 0 Å². The number of hydrogen-bond donors (Lipinski definition) is 1. The van der Waals surface area contributed by atoms with Crippen LogP contribution in [0, 0.1) is 6.92 Å². The van der Waals surface area contributed by atoms with E-state index in [4.69, 9.17) is 0 Å². The van der Waals surface area contributed by atoms with Crippen LogP contribution in [-0.4, -0.2) is 13.6 Å². The molecular formula is C18H35N. The molecule has 1 unspecified atom stereocenters. The largest absolute Gasteiger partial charge is 0.320 e. The van der Waals surface area contributed by atoms with Gasteiger partial charge >= 0.3 is 0 Å². The second-order valence-electron chi connectivity index (χ2n) is 4.62. The lowest BCUT2D eigenvalue weighted by Gasteiger charge is -2.15. The molecule has 0 aliphatic heterocycles. The Morgan fingerprint density at radius 3 is 1.84 bits per heavy atom. The van der Waals surface area contributed by atoms with Gasteiger partial charge in [0.15, 0.2) is 0 Å². The van der Waals surface area contributed by atoms with E-state index >= 15 is 0 Å². The maximum Gasteiger partial charge on any atom is -0.00461 e.